The van der Waals surface area contributed by atoms with Crippen LogP contribution in [0.1, 0.15) is 27.9 Å². The fourth-order valence-electron chi connectivity index (χ4n) is 2.57. The van der Waals surface area contributed by atoms with E-state index in [9.17, 15) is 9.59 Å². The quantitative estimate of drug-likeness (QED) is 0.854. The number of nitrogen functional groups attached to an aromatic ring is 1. The summed E-state index contributed by atoms with van der Waals surface area (Å²) in [6.45, 7) is 6.29. The van der Waals surface area contributed by atoms with E-state index >= 15 is 0 Å². The lowest BCUT2D eigenvalue weighted by molar-refractivity contribution is -0.120. The molecule has 1 aliphatic rings. The van der Waals surface area contributed by atoms with E-state index in [2.05, 4.69) is 15.5 Å². The van der Waals surface area contributed by atoms with Crippen LogP contribution >= 0.6 is 11.3 Å². The Kier molecular flexibility index (Phi) is 3.48. The number of hydrogen-bond donors (Lipinski definition) is 2. The van der Waals surface area contributed by atoms with Gasteiger partial charge >= 0.3 is 0 Å². The third-order valence-electron chi connectivity index (χ3n) is 3.91. The zero-order valence-electron chi connectivity index (χ0n) is 12.6. The number of nitrogens with two attached hydrogens (primary N) is 1. The van der Waals surface area contributed by atoms with Crippen molar-refractivity contribution >= 4 is 39.1 Å². The summed E-state index contributed by atoms with van der Waals surface area (Å²) >= 11 is 1.27. The van der Waals surface area contributed by atoms with Gasteiger partial charge in [0, 0.05) is 25.4 Å². The maximum atomic E-state index is 12.5. The molecule has 1 saturated heterocycles. The molecular weight excluding hydrogens is 302 g/mol. The minimum absolute atomic E-state index is 0.0285. The minimum Gasteiger partial charge on any atom is -0.397 e. The highest BCUT2D eigenvalue weighted by Crippen LogP contribution is 2.36. The van der Waals surface area contributed by atoms with Crippen LogP contribution in [0.5, 0.6) is 0 Å². The predicted molar refractivity (Wildman–Crippen MR) is 84.8 cm³/mol. The highest BCUT2D eigenvalue weighted by Gasteiger charge is 2.34. The minimum atomic E-state index is -0.112. The lowest BCUT2D eigenvalue weighted by atomic mass is 10.1. The molecule has 3 N–H and O–H groups in total. The van der Waals surface area contributed by atoms with Gasteiger partial charge in [-0.3, -0.25) is 9.59 Å². The molecule has 0 unspecified atom stereocenters. The van der Waals surface area contributed by atoms with Gasteiger partial charge in [-0.1, -0.05) is 0 Å². The molecule has 0 saturated carbocycles. The van der Waals surface area contributed by atoms with Crippen LogP contribution < -0.4 is 11.1 Å². The molecule has 2 amide bonds. The first-order chi connectivity index (χ1) is 10.4. The van der Waals surface area contributed by atoms with E-state index < -0.39 is 0 Å². The number of aryl methyl sites for hydroxylation is 2. The lowest BCUT2D eigenvalue weighted by Crippen LogP contribution is -2.60. The van der Waals surface area contributed by atoms with Crippen LogP contribution in [0.3, 0.4) is 0 Å². The summed E-state index contributed by atoms with van der Waals surface area (Å²) in [7, 11) is 0. The Labute approximate surface area is 131 Å². The Bertz CT molecular complexity index is 779. The fourth-order valence-corrected chi connectivity index (χ4v) is 3.63. The second kappa shape index (κ2) is 5.20. The van der Waals surface area contributed by atoms with Crippen LogP contribution in [0.15, 0.2) is 0 Å². The van der Waals surface area contributed by atoms with Crippen LogP contribution in [0.4, 0.5) is 5.69 Å². The second-order valence-electron chi connectivity index (χ2n) is 5.54. The molecule has 0 bridgehead atoms. The number of rotatable bonds is 2. The zero-order valence-corrected chi connectivity index (χ0v) is 13.5. The topological polar surface area (TPSA) is 101 Å². The van der Waals surface area contributed by atoms with E-state index in [-0.39, 0.29) is 17.9 Å². The molecule has 2 aromatic heterocycles. The molecule has 7 nitrogen and oxygen atoms in total. The SMILES string of the molecule is CC(=O)NC1CN(C(=O)c2sc3nnc(C)c(C)c3c2N)C1. The number of likely N-dealkylation sites (tertiary alicyclic amines) is 1. The van der Waals surface area contributed by atoms with Crippen LogP contribution in [-0.4, -0.2) is 46.0 Å². The Morgan fingerprint density at radius 1 is 1.32 bits per heavy atom. The monoisotopic (exact) mass is 319 g/mol. The number of carbonyl (C=O) groups excluding carboxylic acids is 2. The molecule has 2 aromatic rings. The van der Waals surface area contributed by atoms with Crippen molar-refractivity contribution in [2.45, 2.75) is 26.8 Å². The largest absolute Gasteiger partial charge is 0.397 e. The van der Waals surface area contributed by atoms with Crippen LogP contribution in [0.25, 0.3) is 10.2 Å². The van der Waals surface area contributed by atoms with Gasteiger partial charge in [0.15, 0.2) is 0 Å². The number of fused-ring (bicyclic) bond motifs is 1. The highest BCUT2D eigenvalue weighted by atomic mass is 32.1. The average molecular weight is 319 g/mol. The summed E-state index contributed by atoms with van der Waals surface area (Å²) in [6.07, 6.45) is 0. The van der Waals surface area contributed by atoms with Gasteiger partial charge in [0.05, 0.1) is 17.4 Å². The van der Waals surface area contributed by atoms with Crippen molar-refractivity contribution in [3.63, 3.8) is 0 Å². The highest BCUT2D eigenvalue weighted by molar-refractivity contribution is 7.21. The van der Waals surface area contributed by atoms with E-state index in [1.807, 2.05) is 13.8 Å². The normalized spacial score (nSPS) is 15.0. The molecule has 0 spiro atoms. The standard InChI is InChI=1S/C14H17N5O2S/c1-6-7(2)17-18-13-10(6)11(15)12(22-13)14(21)19-4-9(5-19)16-8(3)20/h9H,4-5,15H2,1-3H3,(H,16,20). The number of aromatic nitrogens is 2. The number of nitrogens with one attached hydrogen (secondary N) is 1. The number of carbonyl (C=O) groups is 2. The smallest absolute Gasteiger partial charge is 0.266 e. The fraction of sp³-hybridized carbons (Fsp3) is 0.429. The maximum absolute atomic E-state index is 12.5. The molecule has 3 heterocycles. The van der Waals surface area contributed by atoms with Gasteiger partial charge in [0.1, 0.15) is 9.71 Å². The molecule has 0 aliphatic carbocycles. The summed E-state index contributed by atoms with van der Waals surface area (Å²) in [4.78, 5) is 26.4. The number of nitrogens with zero attached hydrogens (tertiary/aromatic N) is 3. The Balaban J connectivity index is 1.86. The van der Waals surface area contributed by atoms with Gasteiger partial charge in [-0.2, -0.15) is 5.10 Å². The molecule has 0 atom stereocenters. The van der Waals surface area contributed by atoms with Crippen molar-refractivity contribution in [1.29, 1.82) is 0 Å². The number of hydrogen-bond acceptors (Lipinski definition) is 6. The average Bonchev–Trinajstić information content (AvgIpc) is 2.75. The number of amides is 2. The summed E-state index contributed by atoms with van der Waals surface area (Å²) in [5.41, 5.74) is 8.41. The van der Waals surface area contributed by atoms with Crippen LogP contribution in [-0.2, 0) is 4.79 Å². The number of anilines is 1. The first-order valence-corrected chi connectivity index (χ1v) is 7.78. The molecule has 0 aromatic carbocycles. The summed E-state index contributed by atoms with van der Waals surface area (Å²) < 4.78 is 0. The van der Waals surface area contributed by atoms with Crippen LogP contribution in [0, 0.1) is 13.8 Å². The molecule has 1 aliphatic heterocycles. The van der Waals surface area contributed by atoms with Gasteiger partial charge in [-0.25, -0.2) is 0 Å². The molecule has 8 heteroatoms. The molecule has 1 fully saturated rings. The van der Waals surface area contributed by atoms with Crippen molar-refractivity contribution in [2.24, 2.45) is 0 Å². The summed E-state index contributed by atoms with van der Waals surface area (Å²) in [6, 6.07) is 0.0285. The van der Waals surface area contributed by atoms with Gasteiger partial charge in [-0.05, 0) is 19.4 Å². The van der Waals surface area contributed by atoms with Crippen molar-refractivity contribution < 1.29 is 9.59 Å². The lowest BCUT2D eigenvalue weighted by Gasteiger charge is -2.39. The Morgan fingerprint density at radius 2 is 2.00 bits per heavy atom. The van der Waals surface area contributed by atoms with Crippen LogP contribution in [0.2, 0.25) is 0 Å². The first-order valence-electron chi connectivity index (χ1n) is 6.96. The van der Waals surface area contributed by atoms with Crippen molar-refractivity contribution in [2.75, 3.05) is 18.8 Å². The van der Waals surface area contributed by atoms with Crippen molar-refractivity contribution in [1.82, 2.24) is 20.4 Å². The maximum Gasteiger partial charge on any atom is 0.266 e. The second-order valence-corrected chi connectivity index (χ2v) is 6.54. The van der Waals surface area contributed by atoms with E-state index in [0.717, 1.165) is 16.6 Å². The van der Waals surface area contributed by atoms with E-state index in [4.69, 9.17) is 5.73 Å². The van der Waals surface area contributed by atoms with E-state index in [1.165, 1.54) is 18.3 Å². The Morgan fingerprint density at radius 3 is 2.64 bits per heavy atom. The van der Waals surface area contributed by atoms with Crippen molar-refractivity contribution in [3.8, 4) is 0 Å². The summed E-state index contributed by atoms with van der Waals surface area (Å²) in [5, 5.41) is 11.8. The molecule has 116 valence electrons. The number of thiophene rings is 1. The van der Waals surface area contributed by atoms with Gasteiger partial charge in [-0.15, -0.1) is 16.4 Å². The molecule has 0 radical (unpaired) electrons. The van der Waals surface area contributed by atoms with Crippen molar-refractivity contribution in [3.05, 3.63) is 16.1 Å². The summed E-state index contributed by atoms with van der Waals surface area (Å²) in [5.74, 6) is -0.195. The molecular formula is C14H17N5O2S. The predicted octanol–water partition coefficient (Wildman–Crippen LogP) is 0.851. The first kappa shape index (κ1) is 14.7. The van der Waals surface area contributed by atoms with Gasteiger partial charge in [0.25, 0.3) is 5.91 Å². The van der Waals surface area contributed by atoms with Gasteiger partial charge in [0.2, 0.25) is 5.91 Å². The van der Waals surface area contributed by atoms with Gasteiger partial charge < -0.3 is 16.0 Å². The Hall–Kier alpha value is -2.22. The molecule has 22 heavy (non-hydrogen) atoms. The van der Waals surface area contributed by atoms with E-state index in [0.29, 0.717) is 28.5 Å². The molecule has 3 rings (SSSR count). The third-order valence-corrected chi connectivity index (χ3v) is 4.98. The third kappa shape index (κ3) is 2.29. The zero-order chi connectivity index (χ0) is 16.0. The van der Waals surface area contributed by atoms with E-state index in [1.54, 1.807) is 4.90 Å².